The van der Waals surface area contributed by atoms with Crippen molar-refractivity contribution in [1.29, 1.82) is 0 Å². The number of rotatable bonds is 0. The fourth-order valence-corrected chi connectivity index (χ4v) is 1.97. The van der Waals surface area contributed by atoms with Crippen LogP contribution < -0.4 is 20.4 Å². The summed E-state index contributed by atoms with van der Waals surface area (Å²) in [4.78, 5) is 16.7. The standard InChI is InChI=1S/C10H20.2CH2O3/c1-10(2,3)9-7-5-4-6-8-9;2*2-1(3)4/h9H,4-8H2,1-3H3;2*(H2,2,3,4)/p-4. The van der Waals surface area contributed by atoms with Crippen LogP contribution in [-0.4, -0.2) is 12.3 Å². The third-order valence-corrected chi connectivity index (χ3v) is 2.83. The van der Waals surface area contributed by atoms with Crippen LogP contribution in [-0.2, 0) is 0 Å². The average Bonchev–Trinajstić information content (AvgIpc) is 2.16. The monoisotopic (exact) mass is 260 g/mol. The van der Waals surface area contributed by atoms with E-state index in [9.17, 15) is 0 Å². The molecule has 0 aromatic rings. The van der Waals surface area contributed by atoms with Gasteiger partial charge in [-0.1, -0.05) is 40.0 Å². The molecule has 0 radical (unpaired) electrons. The third kappa shape index (κ3) is 17.0. The fraction of sp³-hybridized carbons (Fsp3) is 0.833. The lowest BCUT2D eigenvalue weighted by Gasteiger charge is -2.33. The molecule has 0 saturated heterocycles. The summed E-state index contributed by atoms with van der Waals surface area (Å²) in [6, 6.07) is 0. The zero-order valence-electron chi connectivity index (χ0n) is 11.1. The first-order valence-electron chi connectivity index (χ1n) is 5.83. The van der Waals surface area contributed by atoms with E-state index in [4.69, 9.17) is 30.0 Å². The molecule has 0 bridgehead atoms. The molecule has 0 aromatic heterocycles. The first kappa shape index (κ1) is 18.9. The van der Waals surface area contributed by atoms with Crippen LogP contribution in [0.15, 0.2) is 0 Å². The van der Waals surface area contributed by atoms with E-state index in [1.165, 1.54) is 32.1 Å². The summed E-state index contributed by atoms with van der Waals surface area (Å²) in [7, 11) is 0. The molecule has 1 aliphatic carbocycles. The highest BCUT2D eigenvalue weighted by molar-refractivity contribution is 5.47. The minimum Gasteiger partial charge on any atom is -0.652 e. The Morgan fingerprint density at radius 3 is 1.28 bits per heavy atom. The zero-order chi connectivity index (χ0) is 14.8. The lowest BCUT2D eigenvalue weighted by molar-refractivity contribution is -0.417. The molecule has 0 N–H and O–H groups in total. The fourth-order valence-electron chi connectivity index (χ4n) is 1.97. The Morgan fingerprint density at radius 1 is 0.833 bits per heavy atom. The van der Waals surface area contributed by atoms with E-state index in [1.54, 1.807) is 0 Å². The quantitative estimate of drug-likeness (QED) is 0.533. The Balaban J connectivity index is 0. The van der Waals surface area contributed by atoms with Crippen molar-refractivity contribution in [3.63, 3.8) is 0 Å². The van der Waals surface area contributed by atoms with Gasteiger partial charge in [-0.3, -0.25) is 0 Å². The predicted octanol–water partition coefficient (Wildman–Crippen LogP) is -1.28. The van der Waals surface area contributed by atoms with Crippen molar-refractivity contribution in [2.75, 3.05) is 0 Å². The second-order valence-corrected chi connectivity index (χ2v) is 5.20. The van der Waals surface area contributed by atoms with E-state index in [-0.39, 0.29) is 0 Å². The molecule has 0 aromatic carbocycles. The van der Waals surface area contributed by atoms with Gasteiger partial charge in [-0.2, -0.15) is 0 Å². The number of carbonyl (C=O) groups excluding carboxylic acids is 2. The number of hydrogen-bond donors (Lipinski definition) is 0. The highest BCUT2D eigenvalue weighted by Gasteiger charge is 2.25. The maximum absolute atomic E-state index is 8.33. The van der Waals surface area contributed by atoms with E-state index in [0.29, 0.717) is 5.41 Å². The molecule has 0 atom stereocenters. The molecule has 1 saturated carbocycles. The van der Waals surface area contributed by atoms with Crippen LogP contribution in [0.4, 0.5) is 9.59 Å². The second kappa shape index (κ2) is 9.56. The third-order valence-electron chi connectivity index (χ3n) is 2.83. The van der Waals surface area contributed by atoms with Gasteiger partial charge in [0.05, 0.1) is 0 Å². The Kier molecular flexibility index (Phi) is 10.0. The number of carboxylic acid groups (broad SMARTS) is 4. The largest absolute Gasteiger partial charge is 0.652 e. The minimum absolute atomic E-state index is 0.570. The zero-order valence-corrected chi connectivity index (χ0v) is 11.1. The van der Waals surface area contributed by atoms with Gasteiger partial charge in [-0.25, -0.2) is 0 Å². The van der Waals surface area contributed by atoms with Crippen LogP contribution in [0.1, 0.15) is 52.9 Å². The van der Waals surface area contributed by atoms with E-state index in [1.807, 2.05) is 0 Å². The van der Waals surface area contributed by atoms with Gasteiger partial charge in [0.15, 0.2) is 0 Å². The molecular weight excluding hydrogens is 240 g/mol. The molecule has 1 aliphatic rings. The van der Waals surface area contributed by atoms with Crippen molar-refractivity contribution < 1.29 is 30.0 Å². The maximum atomic E-state index is 8.33. The summed E-state index contributed by atoms with van der Waals surface area (Å²) in [5, 5.41) is 33.3. The Hall–Kier alpha value is -1.46. The normalized spacial score (nSPS) is 15.5. The summed E-state index contributed by atoms with van der Waals surface area (Å²) in [6.45, 7) is 7.13. The molecule has 1 fully saturated rings. The van der Waals surface area contributed by atoms with E-state index in [0.717, 1.165) is 5.92 Å². The van der Waals surface area contributed by atoms with Crippen molar-refractivity contribution in [1.82, 2.24) is 0 Å². The molecule has 0 unspecified atom stereocenters. The van der Waals surface area contributed by atoms with E-state index < -0.39 is 12.3 Å². The van der Waals surface area contributed by atoms with Gasteiger partial charge in [0.25, 0.3) is 0 Å². The summed E-state index contributed by atoms with van der Waals surface area (Å²) in [5.74, 6) is 1.00. The number of carbonyl (C=O) groups is 2. The molecule has 18 heavy (non-hydrogen) atoms. The molecule has 1 rings (SSSR count). The lowest BCUT2D eigenvalue weighted by atomic mass is 9.72. The van der Waals surface area contributed by atoms with Gasteiger partial charge in [-0.05, 0) is 36.5 Å². The van der Waals surface area contributed by atoms with Crippen molar-refractivity contribution in [3.05, 3.63) is 0 Å². The SMILES string of the molecule is CC(C)(C)C1CCCCC1.O=C([O-])[O-].O=C([O-])[O-]. The molecule has 0 aliphatic heterocycles. The van der Waals surface area contributed by atoms with Gasteiger partial charge in [-0.15, -0.1) is 0 Å². The van der Waals surface area contributed by atoms with Gasteiger partial charge < -0.3 is 30.0 Å². The Labute approximate surface area is 107 Å². The average molecular weight is 260 g/mol. The van der Waals surface area contributed by atoms with Crippen molar-refractivity contribution in [2.24, 2.45) is 11.3 Å². The first-order valence-corrected chi connectivity index (χ1v) is 5.83. The van der Waals surface area contributed by atoms with Gasteiger partial charge >= 0.3 is 0 Å². The maximum Gasteiger partial charge on any atom is -0.0354 e. The van der Waals surface area contributed by atoms with E-state index in [2.05, 4.69) is 20.8 Å². The Bertz CT molecular complexity index is 217. The van der Waals surface area contributed by atoms with Gasteiger partial charge in [0, 0.05) is 0 Å². The summed E-state index contributed by atoms with van der Waals surface area (Å²) >= 11 is 0. The molecule has 0 spiro atoms. The summed E-state index contributed by atoms with van der Waals surface area (Å²) in [5.41, 5.74) is 0.570. The Morgan fingerprint density at radius 2 is 1.11 bits per heavy atom. The molecule has 6 heteroatoms. The first-order chi connectivity index (χ1) is 8.07. The second-order valence-electron chi connectivity index (χ2n) is 5.20. The van der Waals surface area contributed by atoms with Crippen LogP contribution in [0.5, 0.6) is 0 Å². The van der Waals surface area contributed by atoms with Crippen LogP contribution >= 0.6 is 0 Å². The molecular formula is C12H20O6-4. The van der Waals surface area contributed by atoms with Gasteiger partial charge in [0.2, 0.25) is 0 Å². The van der Waals surface area contributed by atoms with Crippen LogP contribution in [0, 0.1) is 11.3 Å². The van der Waals surface area contributed by atoms with Crippen molar-refractivity contribution >= 4 is 12.3 Å². The molecule has 108 valence electrons. The predicted molar refractivity (Wildman–Crippen MR) is 56.8 cm³/mol. The van der Waals surface area contributed by atoms with Crippen molar-refractivity contribution in [2.45, 2.75) is 52.9 Å². The molecule has 0 amide bonds. The molecule has 0 heterocycles. The van der Waals surface area contributed by atoms with Crippen LogP contribution in [0.2, 0.25) is 0 Å². The smallest absolute Gasteiger partial charge is 0.0354 e. The summed E-state index contributed by atoms with van der Waals surface area (Å²) < 4.78 is 0. The topological polar surface area (TPSA) is 126 Å². The van der Waals surface area contributed by atoms with Crippen molar-refractivity contribution in [3.8, 4) is 0 Å². The van der Waals surface area contributed by atoms with Gasteiger partial charge in [0.1, 0.15) is 0 Å². The highest BCUT2D eigenvalue weighted by atomic mass is 16.6. The lowest BCUT2D eigenvalue weighted by Crippen LogP contribution is -2.37. The van der Waals surface area contributed by atoms with Crippen LogP contribution in [0.25, 0.3) is 0 Å². The van der Waals surface area contributed by atoms with Crippen LogP contribution in [0.3, 0.4) is 0 Å². The summed E-state index contributed by atoms with van der Waals surface area (Å²) in [6.07, 6.45) is 2.71. The minimum atomic E-state index is -2.33. The highest BCUT2D eigenvalue weighted by Crippen LogP contribution is 2.37. The van der Waals surface area contributed by atoms with E-state index >= 15 is 0 Å². The molecule has 6 nitrogen and oxygen atoms in total. The number of hydrogen-bond acceptors (Lipinski definition) is 6.